The summed E-state index contributed by atoms with van der Waals surface area (Å²) in [4.78, 5) is 57.3. The van der Waals surface area contributed by atoms with Crippen molar-refractivity contribution in [1.29, 1.82) is 0 Å². The second-order valence-corrected chi connectivity index (χ2v) is 11.2. The maximum absolute atomic E-state index is 12.7. The van der Waals surface area contributed by atoms with Gasteiger partial charge < -0.3 is 14.8 Å². The van der Waals surface area contributed by atoms with Gasteiger partial charge in [0.15, 0.2) is 24.8 Å². The number of likely N-dealkylation sites (N-methyl/N-ethyl adjacent to an activating group) is 1. The molecule has 1 N–H and O–H groups in total. The molecule has 1 fully saturated rings. The molecule has 3 aliphatic rings. The molecule has 5 heterocycles. The number of amides is 3. The van der Waals surface area contributed by atoms with Crippen LogP contribution < -0.4 is 24.6 Å². The van der Waals surface area contributed by atoms with Gasteiger partial charge in [-0.25, -0.2) is 19.9 Å². The number of nitrogens with one attached hydrogen (secondary N) is 1. The van der Waals surface area contributed by atoms with Gasteiger partial charge in [0, 0.05) is 48.3 Å². The molecule has 44 heavy (non-hydrogen) atoms. The molecule has 3 aliphatic heterocycles. The van der Waals surface area contributed by atoms with Gasteiger partial charge in [0.1, 0.15) is 0 Å². The maximum Gasteiger partial charge on any atom is 0.266 e. The second kappa shape index (κ2) is 11.0. The number of rotatable bonds is 5. The van der Waals surface area contributed by atoms with Crippen LogP contribution in [0.5, 0.6) is 11.8 Å². The monoisotopic (exact) mass is 631 g/mol. The normalized spacial score (nSPS) is 17.5. The number of ether oxygens (including phenoxy) is 2. The summed E-state index contributed by atoms with van der Waals surface area (Å²) >= 11 is 13.9. The second-order valence-electron chi connectivity index (χ2n) is 10.4. The highest BCUT2D eigenvalue weighted by atomic mass is 35.5. The molecule has 3 amide bonds. The average molecular weight is 632 g/mol. The largest absolute Gasteiger partial charge is 0.465 e. The Hall–Kier alpha value is -4.81. The zero-order valence-corrected chi connectivity index (χ0v) is 24.7. The molecule has 0 saturated carbocycles. The van der Waals surface area contributed by atoms with Crippen molar-refractivity contribution in [3.63, 3.8) is 0 Å². The third-order valence-corrected chi connectivity index (χ3v) is 8.50. The molecule has 2 aromatic heterocycles. The summed E-state index contributed by atoms with van der Waals surface area (Å²) in [5.41, 5.74) is 3.42. The number of benzene rings is 2. The molecule has 4 aromatic rings. The number of hydrogen-bond acceptors (Lipinski definition) is 9. The first-order valence-corrected chi connectivity index (χ1v) is 14.5. The number of halogens is 2. The van der Waals surface area contributed by atoms with Gasteiger partial charge in [-0.2, -0.15) is 0 Å². The fourth-order valence-corrected chi connectivity index (χ4v) is 6.02. The predicted octanol–water partition coefficient (Wildman–Crippen LogP) is 3.93. The van der Waals surface area contributed by atoms with Crippen molar-refractivity contribution in [2.75, 3.05) is 36.6 Å². The Morgan fingerprint density at radius 3 is 1.95 bits per heavy atom. The lowest BCUT2D eigenvalue weighted by molar-refractivity contribution is -0.122. The highest BCUT2D eigenvalue weighted by molar-refractivity contribution is 6.39. The Balaban J connectivity index is 1.21. The molecule has 0 aliphatic carbocycles. The molecule has 1 saturated heterocycles. The number of hydrogen-bond donors (Lipinski definition) is 1. The Labute approximate surface area is 261 Å². The van der Waals surface area contributed by atoms with E-state index >= 15 is 0 Å². The number of carbonyl (C=O) groups is 3. The number of nitrogens with zero attached hydrogens (tertiary/aromatic N) is 6. The van der Waals surface area contributed by atoms with Crippen LogP contribution in [0.3, 0.4) is 0 Å². The van der Waals surface area contributed by atoms with Gasteiger partial charge in [0.25, 0.3) is 23.6 Å². The van der Waals surface area contributed by atoms with Crippen molar-refractivity contribution in [3.8, 4) is 45.4 Å². The zero-order valence-electron chi connectivity index (χ0n) is 23.2. The molecule has 0 unspecified atom stereocenters. The Morgan fingerprint density at radius 2 is 1.36 bits per heavy atom. The minimum Gasteiger partial charge on any atom is -0.465 e. The molecule has 0 radical (unpaired) electrons. The van der Waals surface area contributed by atoms with E-state index in [1.165, 1.54) is 22.2 Å². The summed E-state index contributed by atoms with van der Waals surface area (Å²) in [5, 5.41) is 3.66. The van der Waals surface area contributed by atoms with Crippen molar-refractivity contribution in [2.24, 2.45) is 0 Å². The van der Waals surface area contributed by atoms with E-state index in [1.807, 2.05) is 36.4 Å². The van der Waals surface area contributed by atoms with Gasteiger partial charge in [-0.15, -0.1) is 0 Å². The minimum absolute atomic E-state index is 0.0346. The van der Waals surface area contributed by atoms with Crippen LogP contribution in [-0.4, -0.2) is 70.5 Å². The maximum atomic E-state index is 12.7. The summed E-state index contributed by atoms with van der Waals surface area (Å²) < 4.78 is 11.1. The number of fused-ring (bicyclic) bond motifs is 2. The van der Waals surface area contributed by atoms with Crippen LogP contribution in [0.2, 0.25) is 10.0 Å². The van der Waals surface area contributed by atoms with Crippen LogP contribution in [0.4, 0.5) is 11.6 Å². The molecule has 12 nitrogen and oxygen atoms in total. The van der Waals surface area contributed by atoms with Crippen LogP contribution >= 0.6 is 23.2 Å². The Bertz CT molecular complexity index is 1870. The van der Waals surface area contributed by atoms with Crippen LogP contribution in [0.15, 0.2) is 48.8 Å². The summed E-state index contributed by atoms with van der Waals surface area (Å²) in [6, 6.07) is 10.8. The number of carbonyl (C=O) groups excluding carboxylic acids is 3. The first kappa shape index (κ1) is 28.0. The van der Waals surface area contributed by atoms with Crippen molar-refractivity contribution < 1.29 is 23.9 Å². The van der Waals surface area contributed by atoms with Crippen LogP contribution in [-0.2, 0) is 14.4 Å². The predicted molar refractivity (Wildman–Crippen MR) is 162 cm³/mol. The van der Waals surface area contributed by atoms with E-state index in [0.29, 0.717) is 68.2 Å². The van der Waals surface area contributed by atoms with Gasteiger partial charge in [-0.1, -0.05) is 59.6 Å². The average Bonchev–Trinajstić information content (AvgIpc) is 3.45. The topological polar surface area (TPSA) is 140 Å². The standard InChI is InChI=1S/C30H23Cl2N7O5/c1-38-23(41)13-43-29-27(38)33-10-20(36-29)18-6-2-4-16(25(18)31)17-5-3-7-19(26(17)32)21-11-34-28-30(37-21)44-14-24(42)39(28)12-15-8-9-22(40)35-15/h2-7,10-11,15H,8-9,12-14H2,1H3,(H,35,40)/t15-/m0/s1. The molecule has 7 rings (SSSR count). The molecule has 2 aromatic carbocycles. The fourth-order valence-electron chi connectivity index (χ4n) is 5.37. The highest BCUT2D eigenvalue weighted by Gasteiger charge is 2.33. The SMILES string of the molecule is CN1C(=O)COc2nc(-c3cccc(-c4cccc(-c5cnc6c(n5)OCC(=O)N6C[C@@H]5CCC(=O)N5)c4Cl)c3Cl)cnc21. The molecular weight excluding hydrogens is 609 g/mol. The van der Waals surface area contributed by atoms with Crippen molar-refractivity contribution in [2.45, 2.75) is 18.9 Å². The number of anilines is 2. The third kappa shape index (κ3) is 4.85. The summed E-state index contributed by atoms with van der Waals surface area (Å²) in [5.74, 6) is 0.564. The molecular formula is C30H23Cl2N7O5. The third-order valence-electron chi connectivity index (χ3n) is 7.69. The van der Waals surface area contributed by atoms with E-state index in [9.17, 15) is 14.4 Å². The summed E-state index contributed by atoms with van der Waals surface area (Å²) in [7, 11) is 1.62. The van der Waals surface area contributed by atoms with E-state index in [2.05, 4.69) is 25.3 Å². The Morgan fingerprint density at radius 1 is 0.818 bits per heavy atom. The molecule has 1 atom stereocenters. The van der Waals surface area contributed by atoms with E-state index in [4.69, 9.17) is 32.7 Å². The zero-order chi connectivity index (χ0) is 30.5. The van der Waals surface area contributed by atoms with Gasteiger partial charge in [-0.05, 0) is 6.42 Å². The lowest BCUT2D eigenvalue weighted by atomic mass is 9.98. The first-order chi connectivity index (χ1) is 21.3. The molecule has 0 bridgehead atoms. The van der Waals surface area contributed by atoms with Crippen LogP contribution in [0.25, 0.3) is 33.6 Å². The summed E-state index contributed by atoms with van der Waals surface area (Å²) in [6.07, 6.45) is 4.14. The van der Waals surface area contributed by atoms with Gasteiger partial charge in [0.2, 0.25) is 5.91 Å². The van der Waals surface area contributed by atoms with E-state index in [-0.39, 0.29) is 55.3 Å². The Kier molecular flexibility index (Phi) is 7.02. The number of aromatic nitrogens is 4. The van der Waals surface area contributed by atoms with Crippen molar-refractivity contribution in [1.82, 2.24) is 25.3 Å². The lowest BCUT2D eigenvalue weighted by Crippen LogP contribution is -2.46. The molecule has 222 valence electrons. The molecule has 14 heteroatoms. The van der Waals surface area contributed by atoms with Gasteiger partial charge in [0.05, 0.1) is 33.8 Å². The van der Waals surface area contributed by atoms with Crippen LogP contribution in [0.1, 0.15) is 12.8 Å². The van der Waals surface area contributed by atoms with Crippen LogP contribution in [0, 0.1) is 0 Å². The lowest BCUT2D eigenvalue weighted by Gasteiger charge is -2.29. The van der Waals surface area contributed by atoms with Gasteiger partial charge in [-0.3, -0.25) is 24.2 Å². The van der Waals surface area contributed by atoms with Gasteiger partial charge >= 0.3 is 0 Å². The fraction of sp³-hybridized carbons (Fsp3) is 0.233. The van der Waals surface area contributed by atoms with E-state index in [0.717, 1.165) is 0 Å². The highest BCUT2D eigenvalue weighted by Crippen LogP contribution is 2.43. The minimum atomic E-state index is -0.258. The van der Waals surface area contributed by atoms with Crippen molar-refractivity contribution in [3.05, 3.63) is 58.8 Å². The molecule has 0 spiro atoms. The van der Waals surface area contributed by atoms with E-state index in [1.54, 1.807) is 7.05 Å². The smallest absolute Gasteiger partial charge is 0.266 e. The quantitative estimate of drug-likeness (QED) is 0.347. The first-order valence-electron chi connectivity index (χ1n) is 13.7. The van der Waals surface area contributed by atoms with Crippen molar-refractivity contribution >= 4 is 52.6 Å². The summed E-state index contributed by atoms with van der Waals surface area (Å²) in [6.45, 7) is -0.0255. The van der Waals surface area contributed by atoms with E-state index < -0.39 is 0 Å².